The van der Waals surface area contributed by atoms with E-state index in [2.05, 4.69) is 28.5 Å². The molecule has 6 heteroatoms. The van der Waals surface area contributed by atoms with Crippen LogP contribution in [0.15, 0.2) is 52.9 Å². The summed E-state index contributed by atoms with van der Waals surface area (Å²) in [5.41, 5.74) is 4.15. The Labute approximate surface area is 155 Å². The summed E-state index contributed by atoms with van der Waals surface area (Å²) in [5, 5.41) is 12.3. The van der Waals surface area contributed by atoms with Gasteiger partial charge < -0.3 is 5.32 Å². The van der Waals surface area contributed by atoms with E-state index in [1.165, 1.54) is 34.2 Å². The monoisotopic (exact) mass is 369 g/mol. The van der Waals surface area contributed by atoms with Gasteiger partial charge in [-0.25, -0.2) is 0 Å². The van der Waals surface area contributed by atoms with Gasteiger partial charge in [0.1, 0.15) is 0 Å². The van der Waals surface area contributed by atoms with Crippen LogP contribution in [0.1, 0.15) is 28.4 Å². The number of carbonyl (C=O) groups excluding carboxylic acids is 1. The highest BCUT2D eigenvalue weighted by atomic mass is 32.2. The van der Waals surface area contributed by atoms with Crippen molar-refractivity contribution in [3.8, 4) is 0 Å². The van der Waals surface area contributed by atoms with Crippen molar-refractivity contribution in [2.45, 2.75) is 24.6 Å². The summed E-state index contributed by atoms with van der Waals surface area (Å²) in [4.78, 5) is 12.3. The quantitative estimate of drug-likeness (QED) is 0.462. The van der Waals surface area contributed by atoms with Crippen molar-refractivity contribution >= 4 is 39.7 Å². The van der Waals surface area contributed by atoms with Gasteiger partial charge in [0.25, 0.3) is 0 Å². The van der Waals surface area contributed by atoms with Crippen LogP contribution in [0.25, 0.3) is 0 Å². The second kappa shape index (κ2) is 8.27. The Hall–Kier alpha value is -2.18. The Bertz CT molecular complexity index is 859. The van der Waals surface area contributed by atoms with Gasteiger partial charge in [-0.1, -0.05) is 66.4 Å². The minimum Gasteiger partial charge on any atom is -0.330 e. The fourth-order valence-corrected chi connectivity index (χ4v) is 3.97. The summed E-state index contributed by atoms with van der Waals surface area (Å²) < 4.78 is 0.786. The number of nitrogens with one attached hydrogen (secondary N) is 1. The highest BCUT2D eigenvalue weighted by Crippen LogP contribution is 2.28. The highest BCUT2D eigenvalue weighted by Gasteiger charge is 2.10. The summed E-state index contributed by atoms with van der Waals surface area (Å²) in [5.74, 6) is 0.473. The number of hydrogen-bond acceptors (Lipinski definition) is 6. The molecular formula is C19H19N3OS2. The van der Waals surface area contributed by atoms with Crippen LogP contribution in [0.2, 0.25) is 0 Å². The van der Waals surface area contributed by atoms with Gasteiger partial charge in [-0.2, -0.15) is 0 Å². The molecular weight excluding hydrogens is 350 g/mol. The van der Waals surface area contributed by atoms with Gasteiger partial charge in [-0.3, -0.25) is 4.79 Å². The average Bonchev–Trinajstić information content (AvgIpc) is 3.07. The van der Waals surface area contributed by atoms with E-state index in [1.807, 2.05) is 49.4 Å². The van der Waals surface area contributed by atoms with Crippen LogP contribution in [0.3, 0.4) is 0 Å². The fraction of sp³-hybridized carbons (Fsp3) is 0.211. The molecule has 0 unspecified atom stereocenters. The number of aryl methyl sites for hydroxylation is 2. The number of carbonyl (C=O) groups is 1. The zero-order valence-corrected chi connectivity index (χ0v) is 15.8. The van der Waals surface area contributed by atoms with E-state index < -0.39 is 0 Å². The van der Waals surface area contributed by atoms with Crippen LogP contribution in [0.5, 0.6) is 0 Å². The van der Waals surface area contributed by atoms with Crippen molar-refractivity contribution in [1.29, 1.82) is 0 Å². The maximum absolute atomic E-state index is 12.3. The number of aromatic nitrogens is 2. The van der Waals surface area contributed by atoms with Crippen molar-refractivity contribution < 1.29 is 4.79 Å². The molecule has 0 bridgehead atoms. The van der Waals surface area contributed by atoms with Crippen molar-refractivity contribution in [3.63, 3.8) is 0 Å². The average molecular weight is 370 g/mol. The lowest BCUT2D eigenvalue weighted by molar-refractivity contribution is 0.102. The van der Waals surface area contributed by atoms with Crippen molar-refractivity contribution in [1.82, 2.24) is 10.2 Å². The Morgan fingerprint density at radius 3 is 2.68 bits per heavy atom. The molecule has 2 aromatic carbocycles. The molecule has 128 valence electrons. The first kappa shape index (κ1) is 17.6. The van der Waals surface area contributed by atoms with Crippen molar-refractivity contribution in [2.24, 2.45) is 0 Å². The van der Waals surface area contributed by atoms with E-state index in [0.29, 0.717) is 5.75 Å². The number of thioether (sulfide) groups is 1. The van der Waals surface area contributed by atoms with E-state index in [-0.39, 0.29) is 5.78 Å². The lowest BCUT2D eigenvalue weighted by atomic mass is 10.1. The smallest absolute Gasteiger partial charge is 0.210 e. The van der Waals surface area contributed by atoms with Gasteiger partial charge >= 0.3 is 0 Å². The number of nitrogens with zero attached hydrogens (tertiary/aromatic N) is 2. The molecule has 0 spiro atoms. The molecule has 25 heavy (non-hydrogen) atoms. The maximum Gasteiger partial charge on any atom is 0.210 e. The molecule has 1 aromatic heterocycles. The van der Waals surface area contributed by atoms with E-state index in [4.69, 9.17) is 0 Å². The Morgan fingerprint density at radius 1 is 1.16 bits per heavy atom. The zero-order valence-electron chi connectivity index (χ0n) is 14.2. The molecule has 0 saturated heterocycles. The van der Waals surface area contributed by atoms with Crippen LogP contribution in [0, 0.1) is 6.92 Å². The molecule has 0 aliphatic heterocycles. The van der Waals surface area contributed by atoms with Gasteiger partial charge in [-0.15, -0.1) is 10.2 Å². The SMILES string of the molecule is CCc1ccc(C(=O)CSc2nnc(Nc3cccc(C)c3)s2)cc1. The Kier molecular flexibility index (Phi) is 5.83. The van der Waals surface area contributed by atoms with Crippen LogP contribution in [0.4, 0.5) is 10.8 Å². The van der Waals surface area contributed by atoms with Crippen LogP contribution >= 0.6 is 23.1 Å². The first-order valence-corrected chi connectivity index (χ1v) is 9.86. The number of rotatable bonds is 7. The second-order valence-electron chi connectivity index (χ2n) is 5.63. The number of Topliss-reactive ketones (excluding diaryl/α,β-unsaturated/α-hetero) is 1. The highest BCUT2D eigenvalue weighted by molar-refractivity contribution is 8.01. The largest absolute Gasteiger partial charge is 0.330 e. The molecule has 4 nitrogen and oxygen atoms in total. The lowest BCUT2D eigenvalue weighted by Crippen LogP contribution is -2.02. The molecule has 0 aliphatic rings. The van der Waals surface area contributed by atoms with Crippen LogP contribution in [-0.2, 0) is 6.42 Å². The first-order valence-electron chi connectivity index (χ1n) is 8.06. The summed E-state index contributed by atoms with van der Waals surface area (Å²) in [6.07, 6.45) is 0.977. The minimum atomic E-state index is 0.107. The molecule has 0 amide bonds. The first-order chi connectivity index (χ1) is 12.1. The normalized spacial score (nSPS) is 10.6. The predicted octanol–water partition coefficient (Wildman–Crippen LogP) is 5.13. The third kappa shape index (κ3) is 4.90. The molecule has 1 N–H and O–H groups in total. The van der Waals surface area contributed by atoms with Gasteiger partial charge in [0.2, 0.25) is 5.13 Å². The molecule has 0 saturated carbocycles. The van der Waals surface area contributed by atoms with Crippen molar-refractivity contribution in [3.05, 3.63) is 65.2 Å². The number of benzene rings is 2. The number of ketones is 1. The standard InChI is InChI=1S/C19H19N3OS2/c1-3-14-7-9-15(10-8-14)17(23)12-24-19-22-21-18(25-19)20-16-6-4-5-13(2)11-16/h4-11H,3,12H2,1-2H3,(H,20,21). The Balaban J connectivity index is 1.56. The summed E-state index contributed by atoms with van der Waals surface area (Å²) in [6.45, 7) is 4.15. The molecule has 3 aromatic rings. The third-order valence-electron chi connectivity index (χ3n) is 3.69. The van der Waals surface area contributed by atoms with Gasteiger partial charge in [0, 0.05) is 11.3 Å². The minimum absolute atomic E-state index is 0.107. The third-order valence-corrected chi connectivity index (χ3v) is 5.66. The summed E-state index contributed by atoms with van der Waals surface area (Å²) in [7, 11) is 0. The van der Waals surface area contributed by atoms with Gasteiger partial charge in [0.15, 0.2) is 10.1 Å². The van der Waals surface area contributed by atoms with Crippen molar-refractivity contribution in [2.75, 3.05) is 11.1 Å². The van der Waals surface area contributed by atoms with E-state index in [0.717, 1.165) is 27.1 Å². The van der Waals surface area contributed by atoms with E-state index in [9.17, 15) is 4.79 Å². The molecule has 0 fully saturated rings. The number of hydrogen-bond donors (Lipinski definition) is 1. The predicted molar refractivity (Wildman–Crippen MR) is 105 cm³/mol. The maximum atomic E-state index is 12.3. The summed E-state index contributed by atoms with van der Waals surface area (Å²) in [6, 6.07) is 15.9. The fourth-order valence-electron chi connectivity index (χ4n) is 2.30. The molecule has 3 rings (SSSR count). The number of anilines is 2. The van der Waals surface area contributed by atoms with E-state index in [1.54, 1.807) is 0 Å². The molecule has 0 aliphatic carbocycles. The Morgan fingerprint density at radius 2 is 1.96 bits per heavy atom. The van der Waals surface area contributed by atoms with Crippen LogP contribution < -0.4 is 5.32 Å². The lowest BCUT2D eigenvalue weighted by Gasteiger charge is -2.02. The van der Waals surface area contributed by atoms with Crippen LogP contribution in [-0.4, -0.2) is 21.7 Å². The van der Waals surface area contributed by atoms with Gasteiger partial charge in [-0.05, 0) is 36.6 Å². The summed E-state index contributed by atoms with van der Waals surface area (Å²) >= 11 is 2.88. The second-order valence-corrected chi connectivity index (χ2v) is 7.83. The molecule has 0 radical (unpaired) electrons. The topological polar surface area (TPSA) is 54.9 Å². The van der Waals surface area contributed by atoms with E-state index >= 15 is 0 Å². The van der Waals surface area contributed by atoms with Gasteiger partial charge in [0.05, 0.1) is 5.75 Å². The molecule has 0 atom stereocenters. The zero-order chi connectivity index (χ0) is 17.6. The molecule has 1 heterocycles.